The number of anilines is 1. The Hall–Kier alpha value is -2.10. The number of rotatable bonds is 3. The van der Waals surface area contributed by atoms with Crippen molar-refractivity contribution in [3.05, 3.63) is 48.2 Å². The minimum atomic E-state index is -0.102. The first-order valence-corrected chi connectivity index (χ1v) is 4.59. The van der Waals surface area contributed by atoms with Gasteiger partial charge in [-0.15, -0.1) is 0 Å². The first-order chi connectivity index (χ1) is 7.34. The molecule has 76 valence electrons. The lowest BCUT2D eigenvalue weighted by molar-refractivity contribution is -0.115. The number of hydrogen-bond acceptors (Lipinski definition) is 3. The number of hydrogen-bond donors (Lipinski definition) is 1. The topological polar surface area (TPSA) is 55.1 Å². The van der Waals surface area contributed by atoms with E-state index in [0.29, 0.717) is 12.2 Å². The highest BCUT2D eigenvalue weighted by atomic mass is 16.5. The molecular formula is C11H10N2O2. The van der Waals surface area contributed by atoms with E-state index in [1.54, 1.807) is 6.07 Å². The summed E-state index contributed by atoms with van der Waals surface area (Å²) in [6.07, 6.45) is 1.76. The summed E-state index contributed by atoms with van der Waals surface area (Å²) < 4.78 is 4.60. The molecule has 0 saturated heterocycles. The number of carbonyl (C=O) groups is 1. The first-order valence-electron chi connectivity index (χ1n) is 4.59. The molecule has 15 heavy (non-hydrogen) atoms. The highest BCUT2D eigenvalue weighted by Crippen LogP contribution is 2.04. The smallest absolute Gasteiger partial charge is 0.230 e. The monoisotopic (exact) mass is 202 g/mol. The van der Waals surface area contributed by atoms with E-state index in [4.69, 9.17) is 0 Å². The Morgan fingerprint density at radius 3 is 2.73 bits per heavy atom. The van der Waals surface area contributed by atoms with Gasteiger partial charge in [-0.05, 0) is 5.56 Å². The predicted molar refractivity (Wildman–Crippen MR) is 55.3 cm³/mol. The minimum Gasteiger partial charge on any atom is -0.363 e. The molecule has 2 aromatic rings. The standard InChI is InChI=1S/C11H10N2O2/c14-11(12-10-6-7-15-13-10)8-9-4-2-1-3-5-9/h1-7H,8H2,(H,12,13,14). The average molecular weight is 202 g/mol. The number of carbonyl (C=O) groups excluding carboxylic acids is 1. The molecule has 0 aliphatic heterocycles. The van der Waals surface area contributed by atoms with Gasteiger partial charge in [0.15, 0.2) is 5.82 Å². The Kier molecular flexibility index (Phi) is 2.78. The molecular weight excluding hydrogens is 192 g/mol. The molecule has 0 aliphatic rings. The second-order valence-electron chi connectivity index (χ2n) is 3.10. The Bertz CT molecular complexity index is 423. The van der Waals surface area contributed by atoms with Crippen LogP contribution in [0.15, 0.2) is 47.2 Å². The van der Waals surface area contributed by atoms with Crippen molar-refractivity contribution >= 4 is 11.7 Å². The number of amides is 1. The molecule has 0 unspecified atom stereocenters. The molecule has 1 aromatic heterocycles. The van der Waals surface area contributed by atoms with Crippen LogP contribution in [0.3, 0.4) is 0 Å². The molecule has 0 aliphatic carbocycles. The van der Waals surface area contributed by atoms with Gasteiger partial charge in [0.1, 0.15) is 6.26 Å². The fraction of sp³-hybridized carbons (Fsp3) is 0.0909. The van der Waals surface area contributed by atoms with Crippen molar-refractivity contribution in [3.8, 4) is 0 Å². The molecule has 1 heterocycles. The number of nitrogens with one attached hydrogen (secondary N) is 1. The van der Waals surface area contributed by atoms with E-state index in [1.807, 2.05) is 30.3 Å². The molecule has 0 saturated carbocycles. The van der Waals surface area contributed by atoms with E-state index in [0.717, 1.165) is 5.56 Å². The van der Waals surface area contributed by atoms with E-state index in [9.17, 15) is 4.79 Å². The van der Waals surface area contributed by atoms with Crippen LogP contribution in [-0.2, 0) is 11.2 Å². The van der Waals surface area contributed by atoms with E-state index in [1.165, 1.54) is 6.26 Å². The normalized spacial score (nSPS) is 9.87. The Labute approximate surface area is 86.9 Å². The second kappa shape index (κ2) is 4.41. The van der Waals surface area contributed by atoms with Gasteiger partial charge in [-0.2, -0.15) is 0 Å². The van der Waals surface area contributed by atoms with Crippen LogP contribution in [-0.4, -0.2) is 11.1 Å². The maximum absolute atomic E-state index is 11.5. The third kappa shape index (κ3) is 2.67. The van der Waals surface area contributed by atoms with Crippen LogP contribution < -0.4 is 5.32 Å². The van der Waals surface area contributed by atoms with Crippen molar-refractivity contribution in [1.82, 2.24) is 5.16 Å². The molecule has 1 amide bonds. The summed E-state index contributed by atoms with van der Waals surface area (Å²) in [6, 6.07) is 11.1. The van der Waals surface area contributed by atoms with Gasteiger partial charge in [0, 0.05) is 6.07 Å². The zero-order valence-corrected chi connectivity index (χ0v) is 8.01. The van der Waals surface area contributed by atoms with Gasteiger partial charge in [-0.1, -0.05) is 35.5 Å². The maximum atomic E-state index is 11.5. The van der Waals surface area contributed by atoms with E-state index in [2.05, 4.69) is 15.0 Å². The molecule has 1 aromatic carbocycles. The zero-order chi connectivity index (χ0) is 10.5. The summed E-state index contributed by atoms with van der Waals surface area (Å²) >= 11 is 0. The van der Waals surface area contributed by atoms with Crippen LogP contribution in [0.2, 0.25) is 0 Å². The van der Waals surface area contributed by atoms with Gasteiger partial charge in [0.2, 0.25) is 5.91 Å². The molecule has 2 rings (SSSR count). The van der Waals surface area contributed by atoms with Gasteiger partial charge in [-0.3, -0.25) is 4.79 Å². The Balaban J connectivity index is 1.94. The molecule has 4 nitrogen and oxygen atoms in total. The van der Waals surface area contributed by atoms with Crippen LogP contribution >= 0.6 is 0 Å². The van der Waals surface area contributed by atoms with Gasteiger partial charge in [0.05, 0.1) is 6.42 Å². The summed E-state index contributed by atoms with van der Waals surface area (Å²) in [5.74, 6) is 0.339. The first kappa shape index (κ1) is 9.45. The third-order valence-electron chi connectivity index (χ3n) is 1.91. The molecule has 1 N–H and O–H groups in total. The van der Waals surface area contributed by atoms with Crippen LogP contribution in [0.25, 0.3) is 0 Å². The van der Waals surface area contributed by atoms with Gasteiger partial charge < -0.3 is 9.84 Å². The lowest BCUT2D eigenvalue weighted by Crippen LogP contribution is -2.14. The quantitative estimate of drug-likeness (QED) is 0.826. The van der Waals surface area contributed by atoms with Crippen molar-refractivity contribution in [3.63, 3.8) is 0 Å². The molecule has 0 atom stereocenters. The molecule has 0 fully saturated rings. The van der Waals surface area contributed by atoms with Gasteiger partial charge in [-0.25, -0.2) is 0 Å². The van der Waals surface area contributed by atoms with Crippen LogP contribution in [0.4, 0.5) is 5.82 Å². The summed E-state index contributed by atoms with van der Waals surface area (Å²) in [5, 5.41) is 6.22. The summed E-state index contributed by atoms with van der Waals surface area (Å²) in [6.45, 7) is 0. The molecule has 4 heteroatoms. The van der Waals surface area contributed by atoms with E-state index in [-0.39, 0.29) is 5.91 Å². The fourth-order valence-corrected chi connectivity index (χ4v) is 1.25. The van der Waals surface area contributed by atoms with Gasteiger partial charge >= 0.3 is 0 Å². The molecule has 0 bridgehead atoms. The van der Waals surface area contributed by atoms with E-state index >= 15 is 0 Å². The fourth-order valence-electron chi connectivity index (χ4n) is 1.25. The summed E-state index contributed by atoms with van der Waals surface area (Å²) in [4.78, 5) is 11.5. The summed E-state index contributed by atoms with van der Waals surface area (Å²) in [7, 11) is 0. The second-order valence-corrected chi connectivity index (χ2v) is 3.10. The predicted octanol–water partition coefficient (Wildman–Crippen LogP) is 1.86. The lowest BCUT2D eigenvalue weighted by Gasteiger charge is -2.00. The van der Waals surface area contributed by atoms with Crippen molar-refractivity contribution in [2.75, 3.05) is 5.32 Å². The largest absolute Gasteiger partial charge is 0.363 e. The maximum Gasteiger partial charge on any atom is 0.230 e. The Morgan fingerprint density at radius 1 is 1.27 bits per heavy atom. The number of nitrogens with zero attached hydrogens (tertiary/aromatic N) is 1. The number of aromatic nitrogens is 1. The number of benzene rings is 1. The Morgan fingerprint density at radius 2 is 2.07 bits per heavy atom. The molecule has 0 spiro atoms. The summed E-state index contributed by atoms with van der Waals surface area (Å²) in [5.41, 5.74) is 0.971. The zero-order valence-electron chi connectivity index (χ0n) is 8.01. The van der Waals surface area contributed by atoms with Crippen molar-refractivity contribution in [2.24, 2.45) is 0 Å². The average Bonchev–Trinajstić information content (AvgIpc) is 2.71. The van der Waals surface area contributed by atoms with Gasteiger partial charge in [0.25, 0.3) is 0 Å². The van der Waals surface area contributed by atoms with Crippen molar-refractivity contribution in [1.29, 1.82) is 0 Å². The lowest BCUT2D eigenvalue weighted by atomic mass is 10.1. The molecule has 0 radical (unpaired) electrons. The van der Waals surface area contributed by atoms with Crippen molar-refractivity contribution in [2.45, 2.75) is 6.42 Å². The van der Waals surface area contributed by atoms with Crippen LogP contribution in [0.1, 0.15) is 5.56 Å². The van der Waals surface area contributed by atoms with Crippen molar-refractivity contribution < 1.29 is 9.32 Å². The highest BCUT2D eigenvalue weighted by molar-refractivity contribution is 5.91. The SMILES string of the molecule is O=C(Cc1ccccc1)Nc1ccon1. The van der Waals surface area contributed by atoms with E-state index < -0.39 is 0 Å². The van der Waals surface area contributed by atoms with Crippen LogP contribution in [0.5, 0.6) is 0 Å². The van der Waals surface area contributed by atoms with Crippen LogP contribution in [0, 0.1) is 0 Å². The highest BCUT2D eigenvalue weighted by Gasteiger charge is 2.04. The minimum absolute atomic E-state index is 0.102. The third-order valence-corrected chi connectivity index (χ3v) is 1.91.